The van der Waals surface area contributed by atoms with Gasteiger partial charge >= 0.3 is 0 Å². The molecule has 0 amide bonds. The Balaban J connectivity index is 2.33. The van der Waals surface area contributed by atoms with Crippen molar-refractivity contribution in [2.24, 2.45) is 0 Å². The average molecular weight is 487 g/mol. The summed E-state index contributed by atoms with van der Waals surface area (Å²) in [6.45, 7) is 0. The van der Waals surface area contributed by atoms with Gasteiger partial charge in [0.1, 0.15) is 0 Å². The van der Waals surface area contributed by atoms with Gasteiger partial charge < -0.3 is 0 Å². The van der Waals surface area contributed by atoms with Crippen LogP contribution in [-0.2, 0) is 11.8 Å². The molecule has 102 valence electrons. The normalized spacial score (nSPS) is 11.8. The summed E-state index contributed by atoms with van der Waals surface area (Å²) >= 11 is 18.5. The lowest BCUT2D eigenvalue weighted by atomic mass is 9.81. The summed E-state index contributed by atoms with van der Waals surface area (Å²) in [5.41, 5.74) is 1.38. The first-order chi connectivity index (χ1) is 9.09. The molecule has 0 N–H and O–H groups in total. The second-order valence-corrected chi connectivity index (χ2v) is 8.27. The van der Waals surface area contributed by atoms with E-state index in [2.05, 4.69) is 78.1 Å². The van der Waals surface area contributed by atoms with Crippen LogP contribution < -0.4 is 0 Å². The van der Waals surface area contributed by atoms with Gasteiger partial charge in [0.15, 0.2) is 0 Å². The van der Waals surface area contributed by atoms with Crippen LogP contribution in [0.4, 0.5) is 0 Å². The first-order valence-electron chi connectivity index (χ1n) is 5.72. The number of thiophene rings is 1. The molecular weight excluding hydrogens is 475 g/mol. The Kier molecular flexibility index (Phi) is 5.97. The molecule has 0 bridgehead atoms. The minimum atomic E-state index is 0.0505. The predicted molar refractivity (Wildman–Crippen MR) is 96.4 cm³/mol. The fourth-order valence-corrected chi connectivity index (χ4v) is 5.44. The summed E-state index contributed by atoms with van der Waals surface area (Å²) in [5.74, 6) is 0. The second kappa shape index (κ2) is 7.08. The molecule has 0 nitrogen and oxygen atoms in total. The van der Waals surface area contributed by atoms with Crippen LogP contribution in [0.2, 0.25) is 4.34 Å². The molecule has 19 heavy (non-hydrogen) atoms. The molecule has 0 radical (unpaired) electrons. The van der Waals surface area contributed by atoms with E-state index in [0.717, 1.165) is 25.9 Å². The van der Waals surface area contributed by atoms with Gasteiger partial charge in [-0.1, -0.05) is 71.5 Å². The maximum absolute atomic E-state index is 6.03. The Labute approximate surface area is 147 Å². The molecule has 1 heterocycles. The quantitative estimate of drug-likeness (QED) is 0.426. The average Bonchev–Trinajstić information content (AvgIpc) is 2.82. The highest BCUT2D eigenvalue weighted by atomic mass is 79.9. The highest BCUT2D eigenvalue weighted by Gasteiger charge is 2.31. The summed E-state index contributed by atoms with van der Waals surface area (Å²) in [4.78, 5) is 1.31. The Morgan fingerprint density at radius 2 is 1.63 bits per heavy atom. The largest absolute Gasteiger partial charge is 0.128 e. The van der Waals surface area contributed by atoms with E-state index in [-0.39, 0.29) is 5.41 Å². The highest BCUT2D eigenvalue weighted by Crippen LogP contribution is 2.36. The predicted octanol–water partition coefficient (Wildman–Crippen LogP) is 6.43. The molecule has 0 fully saturated rings. The van der Waals surface area contributed by atoms with E-state index >= 15 is 0 Å². The molecule has 0 aliphatic rings. The van der Waals surface area contributed by atoms with E-state index in [1.807, 2.05) is 6.07 Å². The van der Waals surface area contributed by atoms with Crippen molar-refractivity contribution in [2.75, 3.05) is 10.7 Å². The molecule has 0 saturated heterocycles. The van der Waals surface area contributed by atoms with Gasteiger partial charge in [-0.3, -0.25) is 0 Å². The lowest BCUT2D eigenvalue weighted by Crippen LogP contribution is -2.32. The highest BCUT2D eigenvalue weighted by molar-refractivity contribution is 9.10. The van der Waals surface area contributed by atoms with Gasteiger partial charge in [-0.15, -0.1) is 11.3 Å². The van der Waals surface area contributed by atoms with Gasteiger partial charge in [0, 0.05) is 25.4 Å². The zero-order valence-electron chi connectivity index (χ0n) is 10.0. The van der Waals surface area contributed by atoms with Crippen LogP contribution in [0.3, 0.4) is 0 Å². The monoisotopic (exact) mass is 484 g/mol. The first-order valence-corrected chi connectivity index (χ1v) is 9.95. The van der Waals surface area contributed by atoms with Crippen molar-refractivity contribution in [1.29, 1.82) is 0 Å². The molecule has 0 unspecified atom stereocenters. The molecule has 0 spiro atoms. The van der Waals surface area contributed by atoms with Crippen molar-refractivity contribution in [3.63, 3.8) is 0 Å². The van der Waals surface area contributed by atoms with E-state index in [1.54, 1.807) is 11.3 Å². The van der Waals surface area contributed by atoms with E-state index in [1.165, 1.54) is 10.4 Å². The van der Waals surface area contributed by atoms with Crippen LogP contribution in [-0.4, -0.2) is 10.7 Å². The first kappa shape index (κ1) is 16.0. The summed E-state index contributed by atoms with van der Waals surface area (Å²) < 4.78 is 1.96. The fraction of sp³-hybridized carbons (Fsp3) is 0.286. The maximum atomic E-state index is 6.03. The van der Waals surface area contributed by atoms with Gasteiger partial charge in [0.2, 0.25) is 0 Å². The molecule has 2 aromatic rings. The lowest BCUT2D eigenvalue weighted by Gasteiger charge is -2.30. The van der Waals surface area contributed by atoms with Crippen LogP contribution >= 0.6 is 70.7 Å². The van der Waals surface area contributed by atoms with E-state index in [0.29, 0.717) is 0 Å². The maximum Gasteiger partial charge on any atom is 0.0931 e. The number of hydrogen-bond donors (Lipinski definition) is 0. The van der Waals surface area contributed by atoms with Gasteiger partial charge in [0.25, 0.3) is 0 Å². The zero-order chi connectivity index (χ0) is 13.9. The summed E-state index contributed by atoms with van der Waals surface area (Å²) in [6, 6.07) is 12.6. The Morgan fingerprint density at radius 1 is 1.00 bits per heavy atom. The SMILES string of the molecule is Clc1ccc(CC(CBr)(CBr)c2ccc(Br)cc2)s1. The number of alkyl halides is 2. The third-order valence-corrected chi connectivity index (χ3v) is 7.02. The van der Waals surface area contributed by atoms with Crippen molar-refractivity contribution >= 4 is 70.7 Å². The molecule has 0 atom stereocenters. The van der Waals surface area contributed by atoms with Gasteiger partial charge in [-0.2, -0.15) is 0 Å². The number of hydrogen-bond acceptors (Lipinski definition) is 1. The third kappa shape index (κ3) is 3.85. The topological polar surface area (TPSA) is 0 Å². The van der Waals surface area contributed by atoms with Gasteiger partial charge in [0.05, 0.1) is 4.34 Å². The number of benzene rings is 1. The smallest absolute Gasteiger partial charge is 0.0931 e. The molecule has 0 saturated carbocycles. The van der Waals surface area contributed by atoms with Crippen LogP contribution in [0.5, 0.6) is 0 Å². The summed E-state index contributed by atoms with van der Waals surface area (Å²) in [5, 5.41) is 1.81. The molecule has 1 aromatic heterocycles. The Bertz CT molecular complexity index is 532. The lowest BCUT2D eigenvalue weighted by molar-refractivity contribution is 0.556. The van der Waals surface area contributed by atoms with Crippen molar-refractivity contribution in [3.8, 4) is 0 Å². The van der Waals surface area contributed by atoms with Gasteiger partial charge in [-0.05, 0) is 36.2 Å². The van der Waals surface area contributed by atoms with E-state index in [4.69, 9.17) is 11.6 Å². The summed E-state index contributed by atoms with van der Waals surface area (Å²) in [7, 11) is 0. The standard InChI is InChI=1S/C14H12Br3ClS/c15-8-14(9-16,7-12-5-6-13(18)19-12)10-1-3-11(17)4-2-10/h1-6H,7-9H2. The minimum absolute atomic E-state index is 0.0505. The van der Waals surface area contributed by atoms with E-state index < -0.39 is 0 Å². The Hall–Kier alpha value is 0.650. The summed E-state index contributed by atoms with van der Waals surface area (Å²) in [6.07, 6.45) is 0.975. The second-order valence-electron chi connectivity index (χ2n) is 4.44. The third-order valence-electron chi connectivity index (χ3n) is 3.11. The molecule has 0 aliphatic heterocycles. The minimum Gasteiger partial charge on any atom is -0.128 e. The van der Waals surface area contributed by atoms with Crippen molar-refractivity contribution in [1.82, 2.24) is 0 Å². The van der Waals surface area contributed by atoms with Crippen LogP contribution in [0.25, 0.3) is 0 Å². The van der Waals surface area contributed by atoms with E-state index in [9.17, 15) is 0 Å². The van der Waals surface area contributed by atoms with Crippen molar-refractivity contribution in [3.05, 3.63) is 55.6 Å². The van der Waals surface area contributed by atoms with Crippen LogP contribution in [0.1, 0.15) is 10.4 Å². The molecular formula is C14H12Br3ClS. The van der Waals surface area contributed by atoms with Crippen LogP contribution in [0.15, 0.2) is 40.9 Å². The zero-order valence-corrected chi connectivity index (χ0v) is 16.3. The molecule has 1 aromatic carbocycles. The van der Waals surface area contributed by atoms with Gasteiger partial charge in [-0.25, -0.2) is 0 Å². The van der Waals surface area contributed by atoms with Crippen molar-refractivity contribution in [2.45, 2.75) is 11.8 Å². The fourth-order valence-electron chi connectivity index (χ4n) is 1.97. The van der Waals surface area contributed by atoms with Crippen LogP contribution in [0, 0.1) is 0 Å². The number of halogens is 4. The molecule has 5 heteroatoms. The molecule has 2 rings (SSSR count). The van der Waals surface area contributed by atoms with Crippen molar-refractivity contribution < 1.29 is 0 Å². The number of rotatable bonds is 5. The Morgan fingerprint density at radius 3 is 2.11 bits per heavy atom. The molecule has 0 aliphatic carbocycles.